The van der Waals surface area contributed by atoms with Crippen LogP contribution in [0.2, 0.25) is 0 Å². The molecule has 1 aromatic carbocycles. The second-order valence-electron chi connectivity index (χ2n) is 3.20. The van der Waals surface area contributed by atoms with Crippen LogP contribution in [0.4, 0.5) is 13.2 Å². The molecule has 0 saturated heterocycles. The van der Waals surface area contributed by atoms with Gasteiger partial charge in [0.05, 0.1) is 0 Å². The summed E-state index contributed by atoms with van der Waals surface area (Å²) in [4.78, 5) is 3.08. The smallest absolute Gasteiger partial charge is 0.360 e. The molecule has 1 aromatic heterocycles. The SMILES string of the molecule is Cc1cccc2c(SC(F)(F)F)c[nH]c12. The van der Waals surface area contributed by atoms with Crippen molar-refractivity contribution in [3.05, 3.63) is 30.0 Å². The van der Waals surface area contributed by atoms with Crippen molar-refractivity contribution in [2.45, 2.75) is 17.3 Å². The van der Waals surface area contributed by atoms with Crippen LogP contribution >= 0.6 is 11.8 Å². The fourth-order valence-electron chi connectivity index (χ4n) is 1.49. The summed E-state index contributed by atoms with van der Waals surface area (Å²) >= 11 is -0.0856. The Kier molecular flexibility index (Phi) is 2.42. The number of H-pyrrole nitrogens is 1. The summed E-state index contributed by atoms with van der Waals surface area (Å²) in [6, 6.07) is 5.31. The minimum absolute atomic E-state index is 0.0856. The van der Waals surface area contributed by atoms with Crippen molar-refractivity contribution in [2.75, 3.05) is 0 Å². The fraction of sp³-hybridized carbons (Fsp3) is 0.200. The summed E-state index contributed by atoms with van der Waals surface area (Å²) in [5.41, 5.74) is -2.52. The van der Waals surface area contributed by atoms with E-state index in [1.807, 2.05) is 13.0 Å². The Morgan fingerprint density at radius 1 is 1.27 bits per heavy atom. The van der Waals surface area contributed by atoms with Crippen LogP contribution in [0.25, 0.3) is 10.9 Å². The van der Waals surface area contributed by atoms with E-state index in [0.717, 1.165) is 11.1 Å². The maximum Gasteiger partial charge on any atom is 0.446 e. The lowest BCUT2D eigenvalue weighted by atomic mass is 10.2. The van der Waals surface area contributed by atoms with E-state index in [9.17, 15) is 13.2 Å². The van der Waals surface area contributed by atoms with E-state index in [1.165, 1.54) is 6.20 Å². The molecule has 80 valence electrons. The molecule has 0 fully saturated rings. The van der Waals surface area contributed by atoms with Crippen molar-refractivity contribution >= 4 is 22.7 Å². The third-order valence-electron chi connectivity index (χ3n) is 2.11. The molecule has 0 spiro atoms. The first-order valence-corrected chi connectivity index (χ1v) is 5.11. The number of fused-ring (bicyclic) bond motifs is 1. The van der Waals surface area contributed by atoms with Gasteiger partial charge in [-0.05, 0) is 24.2 Å². The number of benzene rings is 1. The normalized spacial score (nSPS) is 12.3. The Balaban J connectivity index is 2.50. The van der Waals surface area contributed by atoms with Gasteiger partial charge < -0.3 is 4.98 Å². The van der Waals surface area contributed by atoms with Crippen molar-refractivity contribution < 1.29 is 13.2 Å². The van der Waals surface area contributed by atoms with Crippen molar-refractivity contribution in [1.82, 2.24) is 4.98 Å². The number of aromatic amines is 1. The Hall–Kier alpha value is -1.10. The minimum atomic E-state index is -4.24. The number of rotatable bonds is 1. The van der Waals surface area contributed by atoms with Gasteiger partial charge in [-0.25, -0.2) is 0 Å². The zero-order chi connectivity index (χ0) is 11.1. The summed E-state index contributed by atoms with van der Waals surface area (Å²) in [5.74, 6) is 0. The maximum atomic E-state index is 12.2. The van der Waals surface area contributed by atoms with Gasteiger partial charge >= 0.3 is 5.51 Å². The average molecular weight is 231 g/mol. The number of aryl methyl sites for hydroxylation is 1. The van der Waals surface area contributed by atoms with Crippen molar-refractivity contribution in [3.63, 3.8) is 0 Å². The quantitative estimate of drug-likeness (QED) is 0.731. The zero-order valence-electron chi connectivity index (χ0n) is 7.85. The number of halogens is 3. The predicted octanol–water partition coefficient (Wildman–Crippen LogP) is 4.09. The van der Waals surface area contributed by atoms with E-state index >= 15 is 0 Å². The van der Waals surface area contributed by atoms with Crippen LogP contribution in [0.1, 0.15) is 5.56 Å². The van der Waals surface area contributed by atoms with E-state index in [2.05, 4.69) is 4.98 Å². The molecule has 0 aliphatic carbocycles. The van der Waals surface area contributed by atoms with Gasteiger partial charge in [-0.1, -0.05) is 18.2 Å². The third kappa shape index (κ3) is 2.12. The van der Waals surface area contributed by atoms with Crippen LogP contribution in [0.3, 0.4) is 0 Å². The number of hydrogen-bond acceptors (Lipinski definition) is 1. The summed E-state index contributed by atoms with van der Waals surface area (Å²) in [5, 5.41) is 0.623. The van der Waals surface area contributed by atoms with E-state index in [0.29, 0.717) is 5.39 Å². The topological polar surface area (TPSA) is 15.8 Å². The zero-order valence-corrected chi connectivity index (χ0v) is 8.67. The number of aromatic nitrogens is 1. The van der Waals surface area contributed by atoms with E-state index < -0.39 is 5.51 Å². The first kappa shape index (κ1) is 10.4. The van der Waals surface area contributed by atoms with Crippen molar-refractivity contribution in [3.8, 4) is 0 Å². The van der Waals surface area contributed by atoms with Crippen LogP contribution in [0.15, 0.2) is 29.3 Å². The Morgan fingerprint density at radius 2 is 2.00 bits per heavy atom. The lowest BCUT2D eigenvalue weighted by Crippen LogP contribution is -1.98. The molecule has 2 aromatic rings. The first-order valence-electron chi connectivity index (χ1n) is 4.30. The fourth-order valence-corrected chi connectivity index (χ4v) is 2.14. The molecule has 2 rings (SSSR count). The van der Waals surface area contributed by atoms with Crippen LogP contribution in [-0.4, -0.2) is 10.5 Å². The van der Waals surface area contributed by atoms with Crippen molar-refractivity contribution in [2.24, 2.45) is 0 Å². The molecule has 5 heteroatoms. The molecule has 15 heavy (non-hydrogen) atoms. The monoisotopic (exact) mass is 231 g/mol. The number of nitrogens with one attached hydrogen (secondary N) is 1. The summed E-state index contributed by atoms with van der Waals surface area (Å²) in [7, 11) is 0. The van der Waals surface area contributed by atoms with Crippen LogP contribution in [-0.2, 0) is 0 Å². The first-order chi connectivity index (χ1) is 6.97. The molecule has 0 amide bonds. The second-order valence-corrected chi connectivity index (χ2v) is 4.31. The highest BCUT2D eigenvalue weighted by Gasteiger charge is 2.30. The standard InChI is InChI=1S/C10H8F3NS/c1-6-3-2-4-7-8(5-14-9(6)7)15-10(11,12)13/h2-5,14H,1H3. The van der Waals surface area contributed by atoms with Crippen LogP contribution in [0, 0.1) is 6.92 Å². The largest absolute Gasteiger partial charge is 0.446 e. The van der Waals surface area contributed by atoms with Gasteiger partial charge in [0.25, 0.3) is 0 Å². The number of hydrogen-bond donors (Lipinski definition) is 1. The predicted molar refractivity (Wildman–Crippen MR) is 54.9 cm³/mol. The van der Waals surface area contributed by atoms with E-state index in [1.54, 1.807) is 12.1 Å². The van der Waals surface area contributed by atoms with Gasteiger partial charge in [0.15, 0.2) is 0 Å². The highest BCUT2D eigenvalue weighted by atomic mass is 32.2. The van der Waals surface area contributed by atoms with Crippen molar-refractivity contribution in [1.29, 1.82) is 0 Å². The molecule has 0 bridgehead atoms. The average Bonchev–Trinajstić information content (AvgIpc) is 2.48. The molecule has 0 aliphatic rings. The van der Waals surface area contributed by atoms with Gasteiger partial charge in [-0.15, -0.1) is 0 Å². The van der Waals surface area contributed by atoms with Gasteiger partial charge in [-0.3, -0.25) is 0 Å². The third-order valence-corrected chi connectivity index (χ3v) is 2.90. The summed E-state index contributed by atoms with van der Waals surface area (Å²) in [6.07, 6.45) is 1.40. The Morgan fingerprint density at radius 3 is 2.67 bits per heavy atom. The molecule has 0 saturated carbocycles. The summed E-state index contributed by atoms with van der Waals surface area (Å²) in [6.45, 7) is 1.86. The lowest BCUT2D eigenvalue weighted by Gasteiger charge is -2.03. The molecular weight excluding hydrogens is 223 g/mol. The Bertz CT molecular complexity index is 487. The maximum absolute atomic E-state index is 12.2. The van der Waals surface area contributed by atoms with Crippen LogP contribution in [0.5, 0.6) is 0 Å². The highest BCUT2D eigenvalue weighted by molar-refractivity contribution is 8.00. The summed E-state index contributed by atoms with van der Waals surface area (Å²) < 4.78 is 36.6. The molecule has 0 aliphatic heterocycles. The highest BCUT2D eigenvalue weighted by Crippen LogP contribution is 2.40. The molecule has 1 N–H and O–H groups in total. The molecular formula is C10H8F3NS. The number of alkyl halides is 3. The minimum Gasteiger partial charge on any atom is -0.360 e. The Labute approximate surface area is 88.7 Å². The molecule has 0 radical (unpaired) electrons. The lowest BCUT2D eigenvalue weighted by molar-refractivity contribution is -0.0327. The molecule has 1 nitrogen and oxygen atoms in total. The number of thioether (sulfide) groups is 1. The second kappa shape index (κ2) is 3.48. The number of para-hydroxylation sites is 1. The van der Waals surface area contributed by atoms with Gasteiger partial charge in [0.1, 0.15) is 0 Å². The molecule has 1 heterocycles. The van der Waals surface area contributed by atoms with E-state index in [-0.39, 0.29) is 16.7 Å². The van der Waals surface area contributed by atoms with Gasteiger partial charge in [0.2, 0.25) is 0 Å². The molecule has 0 atom stereocenters. The van der Waals surface area contributed by atoms with Gasteiger partial charge in [0, 0.05) is 22.0 Å². The van der Waals surface area contributed by atoms with E-state index in [4.69, 9.17) is 0 Å². The van der Waals surface area contributed by atoms with Crippen LogP contribution < -0.4 is 0 Å². The molecule has 0 unspecified atom stereocenters. The van der Waals surface area contributed by atoms with Gasteiger partial charge in [-0.2, -0.15) is 13.2 Å².